The van der Waals surface area contributed by atoms with Crippen LogP contribution in [0, 0.1) is 5.92 Å². The molecule has 0 amide bonds. The topological polar surface area (TPSA) is 0 Å². The van der Waals surface area contributed by atoms with Gasteiger partial charge in [-0.25, -0.2) is 0 Å². The van der Waals surface area contributed by atoms with E-state index in [1.54, 1.807) is 0 Å². The summed E-state index contributed by atoms with van der Waals surface area (Å²) in [5, 5.41) is 0. The summed E-state index contributed by atoms with van der Waals surface area (Å²) in [7, 11) is 0. The largest absolute Gasteiger partial charge is 0.103 e. The number of unbranched alkanes of at least 4 members (excludes halogenated alkanes) is 2. The van der Waals surface area contributed by atoms with E-state index in [2.05, 4.69) is 45.7 Å². The Morgan fingerprint density at radius 3 is 2.28 bits per heavy atom. The lowest BCUT2D eigenvalue weighted by atomic mass is 10.0. The van der Waals surface area contributed by atoms with E-state index in [-0.39, 0.29) is 0 Å². The molecule has 0 heteroatoms. The van der Waals surface area contributed by atoms with Crippen molar-refractivity contribution in [2.45, 2.75) is 59.3 Å². The maximum atomic E-state index is 3.85. The first-order chi connectivity index (χ1) is 8.58. The highest BCUT2D eigenvalue weighted by Crippen LogP contribution is 2.11. The minimum atomic E-state index is 0.666. The lowest BCUT2D eigenvalue weighted by Crippen LogP contribution is -1.88. The molecule has 0 bridgehead atoms. The van der Waals surface area contributed by atoms with Crippen LogP contribution in [0.4, 0.5) is 0 Å². The first-order valence-electron chi connectivity index (χ1n) is 7.07. The Hall–Kier alpha value is -1.04. The van der Waals surface area contributed by atoms with Crippen LogP contribution in [-0.2, 0) is 0 Å². The van der Waals surface area contributed by atoms with E-state index < -0.39 is 0 Å². The third-order valence-electron chi connectivity index (χ3n) is 2.68. The average molecular weight is 248 g/mol. The molecule has 0 rings (SSSR count). The molecule has 18 heavy (non-hydrogen) atoms. The van der Waals surface area contributed by atoms with Crippen LogP contribution in [0.15, 0.2) is 49.6 Å². The van der Waals surface area contributed by atoms with Crippen LogP contribution in [0.25, 0.3) is 0 Å². The number of allylic oxidation sites excluding steroid dienone is 5. The van der Waals surface area contributed by atoms with E-state index in [0.717, 1.165) is 12.8 Å². The molecule has 0 nitrogen and oxygen atoms in total. The zero-order valence-corrected chi connectivity index (χ0v) is 12.8. The van der Waals surface area contributed by atoms with Crippen molar-refractivity contribution >= 4 is 0 Å². The molecule has 0 aliphatic rings. The SMILES string of the molecule is C=CC(C)CCCC(=C)C.C=CCCCC=CC. The van der Waals surface area contributed by atoms with Crippen LogP contribution in [0.3, 0.4) is 0 Å². The Kier molecular flexibility index (Phi) is 17.1. The van der Waals surface area contributed by atoms with Gasteiger partial charge in [-0.1, -0.05) is 36.8 Å². The molecule has 1 atom stereocenters. The minimum absolute atomic E-state index is 0.666. The van der Waals surface area contributed by atoms with E-state index in [1.807, 2.05) is 19.1 Å². The molecule has 0 saturated heterocycles. The van der Waals surface area contributed by atoms with Gasteiger partial charge in [-0.05, 0) is 58.3 Å². The first kappa shape index (κ1) is 19.3. The zero-order valence-electron chi connectivity index (χ0n) is 12.8. The van der Waals surface area contributed by atoms with Gasteiger partial charge in [-0.3, -0.25) is 0 Å². The summed E-state index contributed by atoms with van der Waals surface area (Å²) >= 11 is 0. The second-order valence-electron chi connectivity index (χ2n) is 4.85. The Bertz CT molecular complexity index is 232. The molecule has 0 aromatic rings. The number of hydrogen-bond donors (Lipinski definition) is 0. The molecule has 0 aliphatic heterocycles. The molecular formula is C18H32. The summed E-state index contributed by atoms with van der Waals surface area (Å²) in [4.78, 5) is 0. The monoisotopic (exact) mass is 248 g/mol. The van der Waals surface area contributed by atoms with Crippen molar-refractivity contribution in [3.8, 4) is 0 Å². The first-order valence-corrected chi connectivity index (χ1v) is 7.07. The third kappa shape index (κ3) is 20.4. The van der Waals surface area contributed by atoms with Gasteiger partial charge in [-0.2, -0.15) is 0 Å². The Labute approximate surface area is 115 Å². The van der Waals surface area contributed by atoms with Crippen molar-refractivity contribution < 1.29 is 0 Å². The van der Waals surface area contributed by atoms with Crippen molar-refractivity contribution in [1.29, 1.82) is 0 Å². The van der Waals surface area contributed by atoms with Gasteiger partial charge in [0.1, 0.15) is 0 Å². The van der Waals surface area contributed by atoms with Gasteiger partial charge in [0.25, 0.3) is 0 Å². The summed E-state index contributed by atoms with van der Waals surface area (Å²) < 4.78 is 0. The fourth-order valence-corrected chi connectivity index (χ4v) is 1.39. The number of rotatable bonds is 9. The lowest BCUT2D eigenvalue weighted by molar-refractivity contribution is 0.606. The highest BCUT2D eigenvalue weighted by molar-refractivity contribution is 4.88. The maximum Gasteiger partial charge on any atom is -0.0265 e. The lowest BCUT2D eigenvalue weighted by Gasteiger charge is -2.03. The highest BCUT2D eigenvalue weighted by Gasteiger charge is 1.94. The molecule has 0 spiro atoms. The molecule has 1 unspecified atom stereocenters. The molecular weight excluding hydrogens is 216 g/mol. The molecule has 0 aromatic carbocycles. The zero-order chi connectivity index (χ0) is 14.2. The standard InChI is InChI=1S/C10H18.C8H14/c1-5-10(4)8-6-7-9(2)3;1-3-5-7-8-6-4-2/h5,10H,1-2,6-8H2,3-4H3;3-4,6H,1,5,7-8H2,2H3. The Morgan fingerprint density at radius 1 is 1.17 bits per heavy atom. The Balaban J connectivity index is 0. The van der Waals surface area contributed by atoms with Crippen LogP contribution >= 0.6 is 0 Å². The number of hydrogen-bond acceptors (Lipinski definition) is 0. The predicted molar refractivity (Wildman–Crippen MR) is 86.9 cm³/mol. The second-order valence-corrected chi connectivity index (χ2v) is 4.85. The Morgan fingerprint density at radius 2 is 1.83 bits per heavy atom. The average Bonchev–Trinajstić information content (AvgIpc) is 2.35. The van der Waals surface area contributed by atoms with E-state index in [1.165, 1.54) is 31.3 Å². The van der Waals surface area contributed by atoms with Gasteiger partial charge in [0.2, 0.25) is 0 Å². The van der Waals surface area contributed by atoms with Crippen LogP contribution < -0.4 is 0 Å². The second kappa shape index (κ2) is 16.0. The molecule has 0 aromatic heterocycles. The summed E-state index contributed by atoms with van der Waals surface area (Å²) in [6.07, 6.45) is 15.5. The van der Waals surface area contributed by atoms with Gasteiger partial charge in [0.15, 0.2) is 0 Å². The summed E-state index contributed by atoms with van der Waals surface area (Å²) in [6.45, 7) is 17.6. The predicted octanol–water partition coefficient (Wildman–Crippen LogP) is 6.47. The molecule has 0 N–H and O–H groups in total. The van der Waals surface area contributed by atoms with E-state index in [9.17, 15) is 0 Å². The van der Waals surface area contributed by atoms with Crippen molar-refractivity contribution in [1.82, 2.24) is 0 Å². The molecule has 0 saturated carbocycles. The van der Waals surface area contributed by atoms with Gasteiger partial charge < -0.3 is 0 Å². The molecule has 0 heterocycles. The maximum absolute atomic E-state index is 3.85. The van der Waals surface area contributed by atoms with Crippen LogP contribution in [0.5, 0.6) is 0 Å². The summed E-state index contributed by atoms with van der Waals surface area (Å²) in [5.41, 5.74) is 1.29. The molecule has 0 aliphatic carbocycles. The van der Waals surface area contributed by atoms with Crippen LogP contribution in [-0.4, -0.2) is 0 Å². The third-order valence-corrected chi connectivity index (χ3v) is 2.68. The molecule has 0 radical (unpaired) electrons. The fourth-order valence-electron chi connectivity index (χ4n) is 1.39. The van der Waals surface area contributed by atoms with Crippen molar-refractivity contribution in [2.75, 3.05) is 0 Å². The van der Waals surface area contributed by atoms with Gasteiger partial charge in [0.05, 0.1) is 0 Å². The summed E-state index contributed by atoms with van der Waals surface area (Å²) in [6, 6.07) is 0. The normalized spacial score (nSPS) is 11.5. The van der Waals surface area contributed by atoms with E-state index in [0.29, 0.717) is 5.92 Å². The van der Waals surface area contributed by atoms with Crippen molar-refractivity contribution in [2.24, 2.45) is 5.92 Å². The van der Waals surface area contributed by atoms with Crippen molar-refractivity contribution in [3.63, 3.8) is 0 Å². The van der Waals surface area contributed by atoms with Crippen molar-refractivity contribution in [3.05, 3.63) is 49.6 Å². The van der Waals surface area contributed by atoms with Crippen LogP contribution in [0.1, 0.15) is 59.3 Å². The van der Waals surface area contributed by atoms with Gasteiger partial charge >= 0.3 is 0 Å². The smallest absolute Gasteiger partial charge is 0.0265 e. The molecule has 0 fully saturated rings. The molecule has 104 valence electrons. The highest BCUT2D eigenvalue weighted by atomic mass is 14.0. The van der Waals surface area contributed by atoms with E-state index in [4.69, 9.17) is 0 Å². The van der Waals surface area contributed by atoms with Gasteiger partial charge in [-0.15, -0.1) is 19.7 Å². The fraction of sp³-hybridized carbons (Fsp3) is 0.556. The van der Waals surface area contributed by atoms with E-state index >= 15 is 0 Å². The van der Waals surface area contributed by atoms with Gasteiger partial charge in [0, 0.05) is 0 Å². The summed E-state index contributed by atoms with van der Waals surface area (Å²) in [5.74, 6) is 0.666. The quantitative estimate of drug-likeness (QED) is 0.324. The van der Waals surface area contributed by atoms with Crippen LogP contribution in [0.2, 0.25) is 0 Å². The minimum Gasteiger partial charge on any atom is -0.103 e.